The highest BCUT2D eigenvalue weighted by Gasteiger charge is 2.23. The molecule has 1 saturated heterocycles. The molecule has 1 aliphatic carbocycles. The van der Waals surface area contributed by atoms with Gasteiger partial charge in [0.1, 0.15) is 5.76 Å². The maximum atomic E-state index is 12.7. The van der Waals surface area contributed by atoms with E-state index in [0.29, 0.717) is 17.1 Å². The van der Waals surface area contributed by atoms with E-state index in [4.69, 9.17) is 4.42 Å². The second-order valence-electron chi connectivity index (χ2n) is 8.20. The first-order valence-electron chi connectivity index (χ1n) is 10.6. The third kappa shape index (κ3) is 4.88. The third-order valence-corrected chi connectivity index (χ3v) is 5.94. The molecule has 29 heavy (non-hydrogen) atoms. The van der Waals surface area contributed by atoms with Gasteiger partial charge in [0.15, 0.2) is 5.76 Å². The third-order valence-electron chi connectivity index (χ3n) is 5.94. The van der Waals surface area contributed by atoms with Crippen LogP contribution >= 0.6 is 0 Å². The highest BCUT2D eigenvalue weighted by atomic mass is 16.4. The van der Waals surface area contributed by atoms with Crippen LogP contribution in [0.5, 0.6) is 0 Å². The molecule has 0 bridgehead atoms. The van der Waals surface area contributed by atoms with Crippen molar-refractivity contribution in [1.29, 1.82) is 0 Å². The summed E-state index contributed by atoms with van der Waals surface area (Å²) in [6, 6.07) is 9.19. The molecule has 4 rings (SSSR count). The average molecular weight is 396 g/mol. The lowest BCUT2D eigenvalue weighted by Gasteiger charge is -2.13. The van der Waals surface area contributed by atoms with Gasteiger partial charge in [-0.05, 0) is 75.5 Å². The van der Waals surface area contributed by atoms with Gasteiger partial charge in [0.05, 0.1) is 6.54 Å². The summed E-state index contributed by atoms with van der Waals surface area (Å²) in [4.78, 5) is 27.4. The summed E-state index contributed by atoms with van der Waals surface area (Å²) in [6.45, 7) is 4.84. The molecule has 6 nitrogen and oxygen atoms in total. The monoisotopic (exact) mass is 395 g/mol. The predicted molar refractivity (Wildman–Crippen MR) is 113 cm³/mol. The molecule has 2 aromatic rings. The molecule has 1 aromatic heterocycles. The lowest BCUT2D eigenvalue weighted by atomic mass is 10.1. The van der Waals surface area contributed by atoms with Crippen LogP contribution in [0, 0.1) is 12.8 Å². The molecule has 1 aromatic carbocycles. The van der Waals surface area contributed by atoms with Crippen molar-refractivity contribution < 1.29 is 14.0 Å². The van der Waals surface area contributed by atoms with Crippen molar-refractivity contribution in [3.63, 3.8) is 0 Å². The van der Waals surface area contributed by atoms with Crippen molar-refractivity contribution >= 4 is 23.2 Å². The summed E-state index contributed by atoms with van der Waals surface area (Å²) < 4.78 is 5.76. The van der Waals surface area contributed by atoms with Crippen LogP contribution in [0.15, 0.2) is 34.7 Å². The van der Waals surface area contributed by atoms with Crippen LogP contribution < -0.4 is 10.6 Å². The number of carbonyl (C=O) groups excluding carboxylic acids is 2. The van der Waals surface area contributed by atoms with E-state index in [9.17, 15) is 9.59 Å². The van der Waals surface area contributed by atoms with Gasteiger partial charge < -0.3 is 15.1 Å². The van der Waals surface area contributed by atoms with Crippen molar-refractivity contribution in [3.8, 4) is 0 Å². The predicted octanol–water partition coefficient (Wildman–Crippen LogP) is 4.56. The molecule has 154 valence electrons. The molecular weight excluding hydrogens is 366 g/mol. The fourth-order valence-electron chi connectivity index (χ4n) is 4.20. The number of amides is 2. The van der Waals surface area contributed by atoms with E-state index < -0.39 is 0 Å². The molecule has 1 saturated carbocycles. The number of furan rings is 1. The normalized spacial score (nSPS) is 17.6. The van der Waals surface area contributed by atoms with E-state index in [-0.39, 0.29) is 17.7 Å². The molecule has 2 N–H and O–H groups in total. The van der Waals surface area contributed by atoms with Crippen molar-refractivity contribution in [1.82, 2.24) is 4.90 Å². The Balaban J connectivity index is 1.39. The largest absolute Gasteiger partial charge is 0.455 e. The van der Waals surface area contributed by atoms with E-state index in [1.54, 1.807) is 6.07 Å². The quantitative estimate of drug-likeness (QED) is 0.752. The van der Waals surface area contributed by atoms with Crippen LogP contribution in [0.1, 0.15) is 60.4 Å². The van der Waals surface area contributed by atoms with Gasteiger partial charge in [0.25, 0.3) is 5.91 Å². The Kier molecular flexibility index (Phi) is 6.00. The molecule has 0 atom stereocenters. The van der Waals surface area contributed by atoms with Gasteiger partial charge in [-0.3, -0.25) is 14.5 Å². The van der Waals surface area contributed by atoms with E-state index in [1.165, 1.54) is 12.8 Å². The molecule has 1 aliphatic heterocycles. The molecule has 0 spiro atoms. The molecule has 2 fully saturated rings. The minimum Gasteiger partial charge on any atom is -0.455 e. The Morgan fingerprint density at radius 3 is 2.55 bits per heavy atom. The van der Waals surface area contributed by atoms with Crippen LogP contribution in [0.25, 0.3) is 0 Å². The van der Waals surface area contributed by atoms with Gasteiger partial charge in [-0.25, -0.2) is 0 Å². The number of hydrogen-bond acceptors (Lipinski definition) is 4. The number of hydrogen-bond donors (Lipinski definition) is 2. The van der Waals surface area contributed by atoms with E-state index in [0.717, 1.165) is 56.6 Å². The minimum atomic E-state index is -0.278. The topological polar surface area (TPSA) is 74.6 Å². The van der Waals surface area contributed by atoms with Gasteiger partial charge in [-0.15, -0.1) is 0 Å². The van der Waals surface area contributed by atoms with Crippen molar-refractivity contribution in [2.75, 3.05) is 23.7 Å². The van der Waals surface area contributed by atoms with Crippen LogP contribution in [0.2, 0.25) is 0 Å². The van der Waals surface area contributed by atoms with E-state index in [1.807, 2.05) is 31.2 Å². The SMILES string of the molecule is Cc1ccc(NC(=O)C2CCCC2)cc1NC(=O)c1ccc(CN2CCCC2)o1. The lowest BCUT2D eigenvalue weighted by molar-refractivity contribution is -0.119. The summed E-state index contributed by atoms with van der Waals surface area (Å²) in [5, 5.41) is 5.91. The van der Waals surface area contributed by atoms with Gasteiger partial charge in [0.2, 0.25) is 5.91 Å². The fraction of sp³-hybridized carbons (Fsp3) is 0.478. The summed E-state index contributed by atoms with van der Waals surface area (Å²) in [7, 11) is 0. The number of carbonyl (C=O) groups is 2. The summed E-state index contributed by atoms with van der Waals surface area (Å²) in [5.41, 5.74) is 2.31. The van der Waals surface area contributed by atoms with Crippen molar-refractivity contribution in [3.05, 3.63) is 47.4 Å². The number of aryl methyl sites for hydroxylation is 1. The molecular formula is C23H29N3O3. The minimum absolute atomic E-state index is 0.0706. The second-order valence-corrected chi connectivity index (χ2v) is 8.20. The van der Waals surface area contributed by atoms with Crippen molar-refractivity contribution in [2.45, 2.75) is 52.0 Å². The Hall–Kier alpha value is -2.60. The highest BCUT2D eigenvalue weighted by Crippen LogP contribution is 2.27. The number of anilines is 2. The Bertz CT molecular complexity index is 877. The molecule has 2 amide bonds. The highest BCUT2D eigenvalue weighted by molar-refractivity contribution is 6.03. The van der Waals surface area contributed by atoms with Crippen LogP contribution in [0.3, 0.4) is 0 Å². The maximum absolute atomic E-state index is 12.7. The zero-order chi connectivity index (χ0) is 20.2. The average Bonchev–Trinajstić information content (AvgIpc) is 3.47. The first kappa shape index (κ1) is 19.7. The van der Waals surface area contributed by atoms with Crippen LogP contribution in [-0.2, 0) is 11.3 Å². The first-order valence-corrected chi connectivity index (χ1v) is 10.6. The number of rotatable bonds is 6. The van der Waals surface area contributed by atoms with E-state index in [2.05, 4.69) is 15.5 Å². The number of nitrogens with zero attached hydrogens (tertiary/aromatic N) is 1. The van der Waals surface area contributed by atoms with E-state index >= 15 is 0 Å². The summed E-state index contributed by atoms with van der Waals surface area (Å²) in [6.07, 6.45) is 6.60. The number of benzene rings is 1. The molecule has 0 radical (unpaired) electrons. The van der Waals surface area contributed by atoms with Gasteiger partial charge in [0, 0.05) is 17.3 Å². The van der Waals surface area contributed by atoms with Crippen LogP contribution in [0.4, 0.5) is 11.4 Å². The fourth-order valence-corrected chi connectivity index (χ4v) is 4.20. The first-order chi connectivity index (χ1) is 14.1. The molecule has 2 heterocycles. The zero-order valence-electron chi connectivity index (χ0n) is 17.0. The van der Waals surface area contributed by atoms with Gasteiger partial charge in [-0.1, -0.05) is 18.9 Å². The Labute approximate surface area is 171 Å². The Morgan fingerprint density at radius 1 is 1.03 bits per heavy atom. The van der Waals surface area contributed by atoms with Crippen molar-refractivity contribution in [2.24, 2.45) is 5.92 Å². The van der Waals surface area contributed by atoms with Gasteiger partial charge in [-0.2, -0.15) is 0 Å². The summed E-state index contributed by atoms with van der Waals surface area (Å²) in [5.74, 6) is 1.01. The molecule has 0 unspecified atom stereocenters. The zero-order valence-corrected chi connectivity index (χ0v) is 17.0. The number of nitrogens with one attached hydrogen (secondary N) is 2. The smallest absolute Gasteiger partial charge is 0.291 e. The van der Waals surface area contributed by atoms with Crippen LogP contribution in [-0.4, -0.2) is 29.8 Å². The summed E-state index contributed by atoms with van der Waals surface area (Å²) >= 11 is 0. The number of likely N-dealkylation sites (tertiary alicyclic amines) is 1. The van der Waals surface area contributed by atoms with Gasteiger partial charge >= 0.3 is 0 Å². The second kappa shape index (κ2) is 8.82. The lowest BCUT2D eigenvalue weighted by Crippen LogP contribution is -2.20. The Morgan fingerprint density at radius 2 is 1.79 bits per heavy atom. The maximum Gasteiger partial charge on any atom is 0.291 e. The standard InChI is InChI=1S/C23H29N3O3/c1-16-8-9-18(24-22(27)17-6-2-3-7-17)14-20(16)25-23(28)21-11-10-19(29-21)15-26-12-4-5-13-26/h8-11,14,17H,2-7,12-13,15H2,1H3,(H,24,27)(H,25,28). The molecule has 6 heteroatoms. The molecule has 2 aliphatic rings.